The minimum atomic E-state index is -0.0696. The van der Waals surface area contributed by atoms with E-state index < -0.39 is 0 Å². The van der Waals surface area contributed by atoms with Crippen molar-refractivity contribution in [3.63, 3.8) is 0 Å². The Morgan fingerprint density at radius 3 is 2.55 bits per heavy atom. The van der Waals surface area contributed by atoms with Gasteiger partial charge in [0.1, 0.15) is 0 Å². The van der Waals surface area contributed by atoms with Crippen molar-refractivity contribution in [2.75, 3.05) is 31.6 Å². The molecule has 120 valence electrons. The number of hydrogen-bond donors (Lipinski definition) is 1. The summed E-state index contributed by atoms with van der Waals surface area (Å²) in [5.41, 5.74) is 1.37. The van der Waals surface area contributed by atoms with Gasteiger partial charge in [0.2, 0.25) is 11.8 Å². The molecule has 0 spiro atoms. The standard InChI is InChI=1S/C17H24N2O2S/c1-22-13-16(20)18-12-17(21)19-9-7-15(8-10-19)11-14-5-3-2-4-6-14/h2-6,15H,7-13H2,1H3,(H,18,20). The Morgan fingerprint density at radius 2 is 1.91 bits per heavy atom. The van der Waals surface area contributed by atoms with E-state index in [-0.39, 0.29) is 18.4 Å². The number of nitrogens with one attached hydrogen (secondary N) is 1. The molecule has 2 rings (SSSR count). The summed E-state index contributed by atoms with van der Waals surface area (Å²) >= 11 is 1.46. The van der Waals surface area contributed by atoms with E-state index >= 15 is 0 Å². The third-order valence-electron chi connectivity index (χ3n) is 4.05. The predicted molar refractivity (Wildman–Crippen MR) is 90.8 cm³/mol. The quantitative estimate of drug-likeness (QED) is 0.871. The number of piperidine rings is 1. The Labute approximate surface area is 136 Å². The van der Waals surface area contributed by atoms with Crippen molar-refractivity contribution in [1.29, 1.82) is 0 Å². The van der Waals surface area contributed by atoms with Crippen LogP contribution in [0.25, 0.3) is 0 Å². The van der Waals surface area contributed by atoms with Crippen LogP contribution in [0.3, 0.4) is 0 Å². The third kappa shape index (κ3) is 5.37. The number of carbonyl (C=O) groups excluding carboxylic acids is 2. The molecule has 0 aliphatic carbocycles. The first-order valence-electron chi connectivity index (χ1n) is 7.76. The van der Waals surface area contributed by atoms with E-state index in [9.17, 15) is 9.59 Å². The zero-order valence-corrected chi connectivity index (χ0v) is 13.9. The fraction of sp³-hybridized carbons (Fsp3) is 0.529. The maximum absolute atomic E-state index is 12.1. The van der Waals surface area contributed by atoms with Crippen molar-refractivity contribution in [3.8, 4) is 0 Å². The molecule has 22 heavy (non-hydrogen) atoms. The highest BCUT2D eigenvalue weighted by atomic mass is 32.2. The molecule has 1 heterocycles. The summed E-state index contributed by atoms with van der Waals surface area (Å²) in [7, 11) is 0. The Hall–Kier alpha value is -1.49. The van der Waals surface area contributed by atoms with Gasteiger partial charge in [0.25, 0.3) is 0 Å². The van der Waals surface area contributed by atoms with E-state index in [0.29, 0.717) is 11.7 Å². The second-order valence-corrected chi connectivity index (χ2v) is 6.59. The van der Waals surface area contributed by atoms with E-state index in [1.54, 1.807) is 0 Å². The average Bonchev–Trinajstić information content (AvgIpc) is 2.54. The molecule has 1 fully saturated rings. The van der Waals surface area contributed by atoms with Crippen LogP contribution in [-0.2, 0) is 16.0 Å². The molecule has 0 aromatic heterocycles. The largest absolute Gasteiger partial charge is 0.346 e. The first-order chi connectivity index (χ1) is 10.7. The van der Waals surface area contributed by atoms with Crippen molar-refractivity contribution in [2.45, 2.75) is 19.3 Å². The Morgan fingerprint density at radius 1 is 1.23 bits per heavy atom. The van der Waals surface area contributed by atoms with Gasteiger partial charge < -0.3 is 10.2 Å². The van der Waals surface area contributed by atoms with Crippen LogP contribution in [0.15, 0.2) is 30.3 Å². The first-order valence-corrected chi connectivity index (χ1v) is 9.15. The number of carbonyl (C=O) groups is 2. The monoisotopic (exact) mass is 320 g/mol. The summed E-state index contributed by atoms with van der Waals surface area (Å²) in [4.78, 5) is 25.3. The minimum Gasteiger partial charge on any atom is -0.346 e. The van der Waals surface area contributed by atoms with Crippen molar-refractivity contribution < 1.29 is 9.59 Å². The van der Waals surface area contributed by atoms with Gasteiger partial charge in [0.15, 0.2) is 0 Å². The molecular formula is C17H24N2O2S. The zero-order valence-electron chi connectivity index (χ0n) is 13.1. The highest BCUT2D eigenvalue weighted by Crippen LogP contribution is 2.21. The van der Waals surface area contributed by atoms with Gasteiger partial charge in [-0.3, -0.25) is 9.59 Å². The fourth-order valence-electron chi connectivity index (χ4n) is 2.80. The third-order valence-corrected chi connectivity index (χ3v) is 4.60. The molecule has 1 aromatic rings. The van der Waals surface area contributed by atoms with Crippen LogP contribution in [0.5, 0.6) is 0 Å². The van der Waals surface area contributed by atoms with Gasteiger partial charge in [-0.2, -0.15) is 11.8 Å². The molecule has 1 N–H and O–H groups in total. The highest BCUT2D eigenvalue weighted by Gasteiger charge is 2.22. The SMILES string of the molecule is CSCC(=O)NCC(=O)N1CCC(Cc2ccccc2)CC1. The molecule has 0 atom stereocenters. The Balaban J connectivity index is 1.70. The Kier molecular flexibility index (Phi) is 6.77. The van der Waals surface area contributed by atoms with Crippen molar-refractivity contribution in [3.05, 3.63) is 35.9 Å². The number of amides is 2. The van der Waals surface area contributed by atoms with Gasteiger partial charge >= 0.3 is 0 Å². The number of benzene rings is 1. The predicted octanol–water partition coefficient (Wildman–Crippen LogP) is 1.95. The number of likely N-dealkylation sites (tertiary alicyclic amines) is 1. The normalized spacial score (nSPS) is 15.6. The second kappa shape index (κ2) is 8.83. The van der Waals surface area contributed by atoms with Crippen molar-refractivity contribution in [2.24, 2.45) is 5.92 Å². The van der Waals surface area contributed by atoms with Gasteiger partial charge in [0, 0.05) is 13.1 Å². The summed E-state index contributed by atoms with van der Waals surface area (Å²) in [5, 5.41) is 2.68. The van der Waals surface area contributed by atoms with Gasteiger partial charge in [-0.1, -0.05) is 30.3 Å². The number of hydrogen-bond acceptors (Lipinski definition) is 3. The number of nitrogens with zero attached hydrogens (tertiary/aromatic N) is 1. The molecule has 0 unspecified atom stereocenters. The second-order valence-electron chi connectivity index (χ2n) is 5.72. The van der Waals surface area contributed by atoms with Crippen molar-refractivity contribution >= 4 is 23.6 Å². The summed E-state index contributed by atoms with van der Waals surface area (Å²) in [6.07, 6.45) is 5.05. The average molecular weight is 320 g/mol. The summed E-state index contributed by atoms with van der Waals surface area (Å²) in [6, 6.07) is 10.5. The highest BCUT2D eigenvalue weighted by molar-refractivity contribution is 7.99. The van der Waals surface area contributed by atoms with Crippen LogP contribution < -0.4 is 5.32 Å². The molecule has 0 saturated carbocycles. The van der Waals surface area contributed by atoms with E-state index in [4.69, 9.17) is 0 Å². The number of rotatable bonds is 6. The van der Waals surface area contributed by atoms with E-state index in [1.807, 2.05) is 17.2 Å². The lowest BCUT2D eigenvalue weighted by Gasteiger charge is -2.32. The van der Waals surface area contributed by atoms with Crippen LogP contribution in [0.4, 0.5) is 0 Å². The molecule has 0 bridgehead atoms. The fourth-order valence-corrected chi connectivity index (χ4v) is 3.17. The van der Waals surface area contributed by atoms with Crippen LogP contribution in [-0.4, -0.2) is 48.4 Å². The summed E-state index contributed by atoms with van der Waals surface area (Å²) < 4.78 is 0. The summed E-state index contributed by atoms with van der Waals surface area (Å²) in [6.45, 7) is 1.73. The Bertz CT molecular complexity index is 485. The van der Waals surface area contributed by atoms with Gasteiger partial charge in [-0.25, -0.2) is 0 Å². The lowest BCUT2D eigenvalue weighted by Crippen LogP contribution is -2.44. The first kappa shape index (κ1) is 16.9. The van der Waals surface area contributed by atoms with Crippen molar-refractivity contribution in [1.82, 2.24) is 10.2 Å². The van der Waals surface area contributed by atoms with Gasteiger partial charge in [-0.05, 0) is 37.0 Å². The molecular weight excluding hydrogens is 296 g/mol. The number of thioether (sulfide) groups is 1. The zero-order chi connectivity index (χ0) is 15.8. The van der Waals surface area contributed by atoms with Gasteiger partial charge in [-0.15, -0.1) is 0 Å². The van der Waals surface area contributed by atoms with Crippen LogP contribution in [0.1, 0.15) is 18.4 Å². The molecule has 1 aromatic carbocycles. The maximum atomic E-state index is 12.1. The molecule has 1 aliphatic heterocycles. The topological polar surface area (TPSA) is 49.4 Å². The molecule has 1 aliphatic rings. The van der Waals surface area contributed by atoms with Crippen LogP contribution in [0.2, 0.25) is 0 Å². The summed E-state index contributed by atoms with van der Waals surface area (Å²) in [5.74, 6) is 1.02. The van der Waals surface area contributed by atoms with Crippen LogP contribution >= 0.6 is 11.8 Å². The maximum Gasteiger partial charge on any atom is 0.241 e. The lowest BCUT2D eigenvalue weighted by molar-refractivity contribution is -0.133. The smallest absolute Gasteiger partial charge is 0.241 e. The molecule has 1 saturated heterocycles. The van der Waals surface area contributed by atoms with Crippen LogP contribution in [0, 0.1) is 5.92 Å². The van der Waals surface area contributed by atoms with E-state index in [0.717, 1.165) is 32.4 Å². The lowest BCUT2D eigenvalue weighted by atomic mass is 9.90. The molecule has 5 heteroatoms. The van der Waals surface area contributed by atoms with E-state index in [2.05, 4.69) is 29.6 Å². The minimum absolute atomic E-state index is 0.0348. The molecule has 2 amide bonds. The molecule has 4 nitrogen and oxygen atoms in total. The van der Waals surface area contributed by atoms with E-state index in [1.165, 1.54) is 17.3 Å². The molecule has 0 radical (unpaired) electrons. The van der Waals surface area contributed by atoms with Gasteiger partial charge in [0.05, 0.1) is 12.3 Å².